The highest BCUT2D eigenvalue weighted by atomic mass is 35.5. The van der Waals surface area contributed by atoms with Gasteiger partial charge in [0.25, 0.3) is 0 Å². The number of aryl methyl sites for hydroxylation is 1. The Kier molecular flexibility index (Phi) is 9.52. The Morgan fingerprint density at radius 2 is 1.79 bits per heavy atom. The highest BCUT2D eigenvalue weighted by Crippen LogP contribution is 2.24. The molecule has 0 aromatic heterocycles. The van der Waals surface area contributed by atoms with Gasteiger partial charge in [0.15, 0.2) is 9.84 Å². The fourth-order valence-electron chi connectivity index (χ4n) is 2.45. The standard InChI is InChI=1S/C17H27ClN2O6S2/c1-4-20(5-2)15-6-7-16(14(12-15)8-10-27(3,22)23)19-17(21)26-9-11-28(24,25)13-18/h6-7,12H,4-5,8-11,13H2,1-3H3,(H,19,21). The molecule has 1 aromatic rings. The summed E-state index contributed by atoms with van der Waals surface area (Å²) in [5.41, 5.74) is 1.99. The van der Waals surface area contributed by atoms with Crippen LogP contribution in [0.1, 0.15) is 19.4 Å². The predicted octanol–water partition coefficient (Wildman–Crippen LogP) is 2.28. The second kappa shape index (κ2) is 10.9. The summed E-state index contributed by atoms with van der Waals surface area (Å²) in [6.07, 6.45) is 0.561. The molecule has 0 radical (unpaired) electrons. The Balaban J connectivity index is 2.94. The maximum atomic E-state index is 12.0. The van der Waals surface area contributed by atoms with Gasteiger partial charge in [-0.05, 0) is 44.0 Å². The van der Waals surface area contributed by atoms with Crippen molar-refractivity contribution >= 4 is 48.7 Å². The molecular weight excluding hydrogens is 428 g/mol. The van der Waals surface area contributed by atoms with Crippen molar-refractivity contribution in [2.24, 2.45) is 0 Å². The minimum absolute atomic E-state index is 0.0631. The number of halogens is 1. The number of carbonyl (C=O) groups is 1. The number of ether oxygens (including phenoxy) is 1. The zero-order valence-electron chi connectivity index (χ0n) is 16.3. The first-order chi connectivity index (χ1) is 13.0. The van der Waals surface area contributed by atoms with E-state index in [1.54, 1.807) is 6.07 Å². The van der Waals surface area contributed by atoms with Crippen LogP contribution in [0, 0.1) is 0 Å². The lowest BCUT2D eigenvalue weighted by molar-refractivity contribution is 0.168. The molecule has 0 bridgehead atoms. The van der Waals surface area contributed by atoms with Crippen molar-refractivity contribution in [3.8, 4) is 0 Å². The SMILES string of the molecule is CCN(CC)c1ccc(NC(=O)OCCS(=O)(=O)CCl)c(CCS(C)(=O)=O)c1. The largest absolute Gasteiger partial charge is 0.448 e. The summed E-state index contributed by atoms with van der Waals surface area (Å²) < 4.78 is 50.6. The fraction of sp³-hybridized carbons (Fsp3) is 0.588. The van der Waals surface area contributed by atoms with Crippen molar-refractivity contribution in [2.45, 2.75) is 20.3 Å². The van der Waals surface area contributed by atoms with E-state index in [0.29, 0.717) is 11.3 Å². The van der Waals surface area contributed by atoms with Gasteiger partial charge in [0.05, 0.1) is 11.5 Å². The molecular formula is C17H27ClN2O6S2. The second-order valence-corrected chi connectivity index (χ2v) is 11.2. The molecule has 0 aliphatic carbocycles. The molecule has 11 heteroatoms. The van der Waals surface area contributed by atoms with Crippen LogP contribution in [0.15, 0.2) is 18.2 Å². The van der Waals surface area contributed by atoms with Crippen LogP contribution in [-0.4, -0.2) is 65.6 Å². The number of hydrogen-bond donors (Lipinski definition) is 1. The Labute approximate surface area is 172 Å². The average Bonchev–Trinajstić information content (AvgIpc) is 2.61. The minimum atomic E-state index is -3.45. The van der Waals surface area contributed by atoms with E-state index < -0.39 is 31.0 Å². The van der Waals surface area contributed by atoms with E-state index in [1.807, 2.05) is 26.0 Å². The van der Waals surface area contributed by atoms with E-state index in [2.05, 4.69) is 10.2 Å². The van der Waals surface area contributed by atoms with Gasteiger partial charge < -0.3 is 9.64 Å². The Hall–Kier alpha value is -1.52. The molecule has 1 rings (SSSR count). The number of amides is 1. The molecule has 0 unspecified atom stereocenters. The second-order valence-electron chi connectivity index (χ2n) is 6.21. The van der Waals surface area contributed by atoms with Gasteiger partial charge in [-0.3, -0.25) is 5.32 Å². The number of nitrogens with zero attached hydrogens (tertiary/aromatic N) is 1. The Morgan fingerprint density at radius 1 is 1.14 bits per heavy atom. The van der Waals surface area contributed by atoms with Crippen LogP contribution in [0.5, 0.6) is 0 Å². The quantitative estimate of drug-likeness (QED) is 0.510. The molecule has 0 saturated heterocycles. The van der Waals surface area contributed by atoms with Gasteiger partial charge in [-0.15, -0.1) is 11.6 Å². The third-order valence-electron chi connectivity index (χ3n) is 3.99. The number of anilines is 2. The lowest BCUT2D eigenvalue weighted by Gasteiger charge is -2.23. The highest BCUT2D eigenvalue weighted by Gasteiger charge is 2.14. The number of benzene rings is 1. The van der Waals surface area contributed by atoms with Crippen molar-refractivity contribution in [1.82, 2.24) is 0 Å². The fourth-order valence-corrected chi connectivity index (χ4v) is 3.82. The summed E-state index contributed by atoms with van der Waals surface area (Å²) in [7, 11) is -6.64. The van der Waals surface area contributed by atoms with Gasteiger partial charge in [0, 0.05) is 30.7 Å². The molecule has 0 atom stereocenters. The number of carbonyl (C=O) groups excluding carboxylic acids is 1. The van der Waals surface area contributed by atoms with Crippen LogP contribution in [0.2, 0.25) is 0 Å². The molecule has 0 aliphatic heterocycles. The van der Waals surface area contributed by atoms with Gasteiger partial charge in [0.1, 0.15) is 21.7 Å². The van der Waals surface area contributed by atoms with E-state index in [4.69, 9.17) is 16.3 Å². The summed E-state index contributed by atoms with van der Waals surface area (Å²) in [5.74, 6) is -0.432. The van der Waals surface area contributed by atoms with Gasteiger partial charge in [0.2, 0.25) is 0 Å². The monoisotopic (exact) mass is 454 g/mol. The van der Waals surface area contributed by atoms with Gasteiger partial charge in [-0.1, -0.05) is 0 Å². The van der Waals surface area contributed by atoms with Crippen molar-refractivity contribution in [3.05, 3.63) is 23.8 Å². The van der Waals surface area contributed by atoms with Crippen molar-refractivity contribution < 1.29 is 26.4 Å². The number of sulfone groups is 2. The summed E-state index contributed by atoms with van der Waals surface area (Å²) in [4.78, 5) is 14.1. The molecule has 0 aliphatic rings. The lowest BCUT2D eigenvalue weighted by atomic mass is 10.1. The Bertz CT molecular complexity index is 868. The minimum Gasteiger partial charge on any atom is -0.448 e. The van der Waals surface area contributed by atoms with Crippen LogP contribution in [0.4, 0.5) is 16.2 Å². The summed E-state index contributed by atoms with van der Waals surface area (Å²) in [5, 5.41) is 2.01. The molecule has 160 valence electrons. The lowest BCUT2D eigenvalue weighted by Crippen LogP contribution is -2.23. The molecule has 0 fully saturated rings. The van der Waals surface area contributed by atoms with Crippen molar-refractivity contribution in [1.29, 1.82) is 0 Å². The van der Waals surface area contributed by atoms with Crippen LogP contribution in [-0.2, 0) is 30.8 Å². The molecule has 0 saturated carbocycles. The van der Waals surface area contributed by atoms with Crippen LogP contribution >= 0.6 is 11.6 Å². The van der Waals surface area contributed by atoms with E-state index >= 15 is 0 Å². The van der Waals surface area contributed by atoms with Crippen LogP contribution in [0.3, 0.4) is 0 Å². The molecule has 0 heterocycles. The van der Waals surface area contributed by atoms with Gasteiger partial charge >= 0.3 is 6.09 Å². The molecule has 28 heavy (non-hydrogen) atoms. The first-order valence-corrected chi connectivity index (χ1v) is 13.2. The van der Waals surface area contributed by atoms with E-state index in [-0.39, 0.29) is 24.5 Å². The molecule has 1 N–H and O–H groups in total. The third kappa shape index (κ3) is 8.66. The number of hydrogen-bond acceptors (Lipinski definition) is 7. The summed E-state index contributed by atoms with van der Waals surface area (Å²) in [6.45, 7) is 5.27. The van der Waals surface area contributed by atoms with Crippen LogP contribution < -0.4 is 10.2 Å². The predicted molar refractivity (Wildman–Crippen MR) is 113 cm³/mol. The first-order valence-electron chi connectivity index (χ1n) is 8.77. The smallest absolute Gasteiger partial charge is 0.411 e. The third-order valence-corrected chi connectivity index (χ3v) is 7.05. The first kappa shape index (κ1) is 24.5. The summed E-state index contributed by atoms with van der Waals surface area (Å²) in [6, 6.07) is 5.35. The number of alkyl halides is 1. The zero-order chi connectivity index (χ0) is 21.4. The maximum Gasteiger partial charge on any atom is 0.411 e. The molecule has 0 spiro atoms. The molecule has 8 nitrogen and oxygen atoms in total. The van der Waals surface area contributed by atoms with E-state index in [9.17, 15) is 21.6 Å². The zero-order valence-corrected chi connectivity index (χ0v) is 18.7. The van der Waals surface area contributed by atoms with E-state index in [1.165, 1.54) is 0 Å². The highest BCUT2D eigenvalue weighted by molar-refractivity contribution is 7.92. The molecule has 1 amide bonds. The van der Waals surface area contributed by atoms with Crippen molar-refractivity contribution in [3.63, 3.8) is 0 Å². The van der Waals surface area contributed by atoms with Gasteiger partial charge in [-0.25, -0.2) is 21.6 Å². The molecule has 1 aromatic carbocycles. The van der Waals surface area contributed by atoms with Crippen molar-refractivity contribution in [2.75, 3.05) is 52.9 Å². The Morgan fingerprint density at radius 3 is 2.32 bits per heavy atom. The normalized spacial score (nSPS) is 11.9. The van der Waals surface area contributed by atoms with Crippen LogP contribution in [0.25, 0.3) is 0 Å². The van der Waals surface area contributed by atoms with Gasteiger partial charge in [-0.2, -0.15) is 0 Å². The number of nitrogens with one attached hydrogen (secondary N) is 1. The maximum absolute atomic E-state index is 12.0. The summed E-state index contributed by atoms with van der Waals surface area (Å²) >= 11 is 5.30. The van der Waals surface area contributed by atoms with E-state index in [0.717, 1.165) is 25.0 Å². The topological polar surface area (TPSA) is 110 Å². The average molecular weight is 455 g/mol. The number of rotatable bonds is 11.